The highest BCUT2D eigenvalue weighted by atomic mass is 19.4. The van der Waals surface area contributed by atoms with Crippen LogP contribution in [0.2, 0.25) is 0 Å². The van der Waals surface area contributed by atoms with Gasteiger partial charge in [0.05, 0.1) is 18.8 Å². The summed E-state index contributed by atoms with van der Waals surface area (Å²) >= 11 is 0. The van der Waals surface area contributed by atoms with E-state index in [1.54, 1.807) is 24.3 Å². The summed E-state index contributed by atoms with van der Waals surface area (Å²) in [7, 11) is 0. The lowest BCUT2D eigenvalue weighted by molar-refractivity contribution is -0.179. The van der Waals surface area contributed by atoms with Gasteiger partial charge >= 0.3 is 6.18 Å². The fourth-order valence-electron chi connectivity index (χ4n) is 1.89. The van der Waals surface area contributed by atoms with Gasteiger partial charge in [0.2, 0.25) is 0 Å². The van der Waals surface area contributed by atoms with Crippen molar-refractivity contribution in [2.75, 3.05) is 26.4 Å². The summed E-state index contributed by atoms with van der Waals surface area (Å²) in [6.45, 7) is 0.610. The summed E-state index contributed by atoms with van der Waals surface area (Å²) in [6.07, 6.45) is -3.57. The van der Waals surface area contributed by atoms with Crippen LogP contribution in [0.25, 0.3) is 0 Å². The fourth-order valence-corrected chi connectivity index (χ4v) is 1.89. The van der Waals surface area contributed by atoms with Gasteiger partial charge in [-0.3, -0.25) is 0 Å². The first kappa shape index (κ1) is 16.9. The van der Waals surface area contributed by atoms with Crippen molar-refractivity contribution in [3.05, 3.63) is 35.9 Å². The highest BCUT2D eigenvalue weighted by Gasteiger charge is 2.34. The number of hydrogen-bond acceptors (Lipinski definition) is 3. The maximum absolute atomic E-state index is 12.2. The molecule has 1 aromatic carbocycles. The molecule has 1 rings (SSSR count). The van der Waals surface area contributed by atoms with Gasteiger partial charge < -0.3 is 15.2 Å². The standard InChI is InChI=1S/C14H20F3NO2/c1-2-8-18-13(9-19,10-20-11-14(15,16)17)12-6-4-3-5-7-12/h3-7,18-19H,2,8-11H2,1H3. The predicted molar refractivity (Wildman–Crippen MR) is 70.4 cm³/mol. The van der Waals surface area contributed by atoms with Crippen LogP contribution in [0, 0.1) is 0 Å². The van der Waals surface area contributed by atoms with E-state index in [1.807, 2.05) is 13.0 Å². The number of hydrogen-bond donors (Lipinski definition) is 2. The first-order chi connectivity index (χ1) is 9.43. The van der Waals surface area contributed by atoms with Crippen molar-refractivity contribution >= 4 is 0 Å². The maximum Gasteiger partial charge on any atom is 0.411 e. The first-order valence-electron chi connectivity index (χ1n) is 6.49. The minimum Gasteiger partial charge on any atom is -0.394 e. The lowest BCUT2D eigenvalue weighted by Gasteiger charge is -2.33. The summed E-state index contributed by atoms with van der Waals surface area (Å²) in [4.78, 5) is 0. The molecule has 0 saturated heterocycles. The molecule has 0 radical (unpaired) electrons. The first-order valence-corrected chi connectivity index (χ1v) is 6.49. The van der Waals surface area contributed by atoms with E-state index in [4.69, 9.17) is 4.74 Å². The second-order valence-electron chi connectivity index (χ2n) is 4.64. The van der Waals surface area contributed by atoms with Crippen molar-refractivity contribution in [3.63, 3.8) is 0 Å². The van der Waals surface area contributed by atoms with E-state index in [9.17, 15) is 18.3 Å². The van der Waals surface area contributed by atoms with Gasteiger partial charge in [0.25, 0.3) is 0 Å². The van der Waals surface area contributed by atoms with Crippen LogP contribution in [-0.4, -0.2) is 37.6 Å². The van der Waals surface area contributed by atoms with Crippen LogP contribution in [0.4, 0.5) is 13.2 Å². The van der Waals surface area contributed by atoms with Crippen molar-refractivity contribution in [2.24, 2.45) is 0 Å². The molecule has 0 amide bonds. The number of halogens is 3. The number of aliphatic hydroxyl groups is 1. The largest absolute Gasteiger partial charge is 0.411 e. The smallest absolute Gasteiger partial charge is 0.394 e. The molecule has 0 aromatic heterocycles. The second-order valence-corrected chi connectivity index (χ2v) is 4.64. The Hall–Kier alpha value is -1.11. The summed E-state index contributed by atoms with van der Waals surface area (Å²) in [5.41, 5.74) is -0.305. The van der Waals surface area contributed by atoms with E-state index in [1.165, 1.54) is 0 Å². The Bertz CT molecular complexity index is 384. The highest BCUT2D eigenvalue weighted by molar-refractivity contribution is 5.25. The van der Waals surface area contributed by atoms with Gasteiger partial charge in [-0.05, 0) is 18.5 Å². The van der Waals surface area contributed by atoms with Crippen LogP contribution >= 0.6 is 0 Å². The quantitative estimate of drug-likeness (QED) is 0.773. The van der Waals surface area contributed by atoms with Crippen LogP contribution < -0.4 is 5.32 Å². The van der Waals surface area contributed by atoms with Gasteiger partial charge in [-0.1, -0.05) is 37.3 Å². The molecule has 1 unspecified atom stereocenters. The zero-order valence-corrected chi connectivity index (χ0v) is 11.4. The molecule has 3 nitrogen and oxygen atoms in total. The molecule has 0 spiro atoms. The maximum atomic E-state index is 12.2. The van der Waals surface area contributed by atoms with Gasteiger partial charge in [-0.15, -0.1) is 0 Å². The topological polar surface area (TPSA) is 41.5 Å². The van der Waals surface area contributed by atoms with Crippen molar-refractivity contribution in [1.29, 1.82) is 0 Å². The summed E-state index contributed by atoms with van der Waals surface area (Å²) < 4.78 is 41.3. The lowest BCUT2D eigenvalue weighted by Crippen LogP contribution is -2.50. The average molecular weight is 291 g/mol. The number of rotatable bonds is 8. The van der Waals surface area contributed by atoms with Crippen LogP contribution in [-0.2, 0) is 10.3 Å². The summed E-state index contributed by atoms with van der Waals surface area (Å²) in [5, 5.41) is 12.8. The van der Waals surface area contributed by atoms with Gasteiger partial charge in [0.1, 0.15) is 6.61 Å². The number of nitrogens with one attached hydrogen (secondary N) is 1. The molecule has 0 heterocycles. The van der Waals surface area contributed by atoms with Gasteiger partial charge in [0, 0.05) is 0 Å². The Morgan fingerprint density at radius 3 is 2.30 bits per heavy atom. The van der Waals surface area contributed by atoms with E-state index >= 15 is 0 Å². The van der Waals surface area contributed by atoms with E-state index in [2.05, 4.69) is 5.32 Å². The second kappa shape index (κ2) is 7.61. The Morgan fingerprint density at radius 2 is 1.80 bits per heavy atom. The van der Waals surface area contributed by atoms with E-state index in [-0.39, 0.29) is 13.2 Å². The molecule has 20 heavy (non-hydrogen) atoms. The Kier molecular flexibility index (Phi) is 6.45. The van der Waals surface area contributed by atoms with E-state index in [0.717, 1.165) is 6.42 Å². The molecule has 2 N–H and O–H groups in total. The molecule has 1 aromatic rings. The monoisotopic (exact) mass is 291 g/mol. The minimum atomic E-state index is -4.37. The van der Waals surface area contributed by atoms with E-state index < -0.39 is 18.3 Å². The van der Waals surface area contributed by atoms with Crippen LogP contribution in [0.5, 0.6) is 0 Å². The molecule has 0 aliphatic heterocycles. The minimum absolute atomic E-state index is 0.243. The third-order valence-electron chi connectivity index (χ3n) is 2.92. The Balaban J connectivity index is 2.83. The molecular weight excluding hydrogens is 271 g/mol. The molecule has 0 bridgehead atoms. The molecule has 114 valence electrons. The number of alkyl halides is 3. The van der Waals surface area contributed by atoms with Gasteiger partial charge in [0.15, 0.2) is 0 Å². The molecular formula is C14H20F3NO2. The van der Waals surface area contributed by atoms with Gasteiger partial charge in [-0.2, -0.15) is 13.2 Å². The predicted octanol–water partition coefficient (Wildman–Crippen LogP) is 2.45. The third-order valence-corrected chi connectivity index (χ3v) is 2.92. The van der Waals surface area contributed by atoms with Crippen molar-refractivity contribution < 1.29 is 23.0 Å². The van der Waals surface area contributed by atoms with Crippen molar-refractivity contribution in [2.45, 2.75) is 25.1 Å². The zero-order valence-electron chi connectivity index (χ0n) is 11.4. The van der Waals surface area contributed by atoms with Crippen LogP contribution in [0.1, 0.15) is 18.9 Å². The van der Waals surface area contributed by atoms with Crippen LogP contribution in [0.3, 0.4) is 0 Å². The summed E-state index contributed by atoms with van der Waals surface area (Å²) in [5.74, 6) is 0. The number of aliphatic hydroxyl groups excluding tert-OH is 1. The molecule has 0 fully saturated rings. The van der Waals surface area contributed by atoms with Crippen molar-refractivity contribution in [1.82, 2.24) is 5.32 Å². The number of ether oxygens (including phenoxy) is 1. The molecule has 0 aliphatic carbocycles. The van der Waals surface area contributed by atoms with E-state index in [0.29, 0.717) is 12.1 Å². The molecule has 0 saturated carbocycles. The highest BCUT2D eigenvalue weighted by Crippen LogP contribution is 2.23. The van der Waals surface area contributed by atoms with Gasteiger partial charge in [-0.25, -0.2) is 0 Å². The average Bonchev–Trinajstić information content (AvgIpc) is 2.42. The molecule has 1 atom stereocenters. The molecule has 0 aliphatic rings. The fraction of sp³-hybridized carbons (Fsp3) is 0.571. The Labute approximate surface area is 116 Å². The third kappa shape index (κ3) is 5.11. The molecule has 6 heteroatoms. The lowest BCUT2D eigenvalue weighted by atomic mass is 9.91. The normalized spacial score (nSPS) is 15.1. The Morgan fingerprint density at radius 1 is 1.15 bits per heavy atom. The van der Waals surface area contributed by atoms with Crippen molar-refractivity contribution in [3.8, 4) is 0 Å². The SMILES string of the molecule is CCCNC(CO)(COCC(F)(F)F)c1ccccc1. The number of benzene rings is 1. The van der Waals surface area contributed by atoms with Crippen LogP contribution in [0.15, 0.2) is 30.3 Å². The zero-order chi connectivity index (χ0) is 15.1. The summed E-state index contributed by atoms with van der Waals surface area (Å²) in [6, 6.07) is 8.88.